The Morgan fingerprint density at radius 2 is 1.90 bits per heavy atom. The molecule has 21 heavy (non-hydrogen) atoms. The van der Waals surface area contributed by atoms with E-state index in [-0.39, 0.29) is 5.54 Å². The van der Waals surface area contributed by atoms with Gasteiger partial charge < -0.3 is 10.2 Å². The molecule has 2 aliphatic rings. The zero-order valence-electron chi connectivity index (χ0n) is 12.3. The molecule has 0 spiro atoms. The van der Waals surface area contributed by atoms with E-state index in [0.717, 1.165) is 11.4 Å². The van der Waals surface area contributed by atoms with Gasteiger partial charge in [-0.1, -0.05) is 18.2 Å². The zero-order chi connectivity index (χ0) is 15.2. The molecule has 0 amide bonds. The second-order valence-corrected chi connectivity index (χ2v) is 6.04. The van der Waals surface area contributed by atoms with Crippen LogP contribution in [0.25, 0.3) is 0 Å². The van der Waals surface area contributed by atoms with E-state index in [1.54, 1.807) is 6.92 Å². The third-order valence-corrected chi connectivity index (χ3v) is 3.92. The lowest BCUT2D eigenvalue weighted by Gasteiger charge is -2.32. The molecule has 0 aliphatic carbocycles. The number of anilines is 1. The summed E-state index contributed by atoms with van der Waals surface area (Å²) in [7, 11) is 0. The molecule has 1 aromatic carbocycles. The molecule has 1 unspecified atom stereocenters. The molecule has 5 nitrogen and oxygen atoms in total. The summed E-state index contributed by atoms with van der Waals surface area (Å²) in [6, 6.07) is 9.90. The van der Waals surface area contributed by atoms with E-state index < -0.39 is 17.9 Å². The Kier molecular flexibility index (Phi) is 3.01. The lowest BCUT2D eigenvalue weighted by atomic mass is 9.95. The van der Waals surface area contributed by atoms with Crippen LogP contribution in [0.4, 0.5) is 5.69 Å². The van der Waals surface area contributed by atoms with Crippen molar-refractivity contribution in [3.63, 3.8) is 0 Å². The van der Waals surface area contributed by atoms with Crippen LogP contribution in [0, 0.1) is 0 Å². The Morgan fingerprint density at radius 1 is 1.24 bits per heavy atom. The standard InChI is InChI=1S/C16H18N2O3/c1-10-13(14(19)15(20)21-10)12-9-16(2,3)18(17-12)11-7-5-4-6-8-11/h4-8,10,17H,9H2,1-3H3/b13-12+. The number of esters is 1. The Morgan fingerprint density at radius 3 is 2.48 bits per heavy atom. The number of nitrogens with zero attached hydrogens (tertiary/aromatic N) is 1. The average molecular weight is 286 g/mol. The number of ether oxygens (including phenoxy) is 1. The smallest absolute Gasteiger partial charge is 0.380 e. The first kappa shape index (κ1) is 13.7. The molecular weight excluding hydrogens is 268 g/mol. The third-order valence-electron chi connectivity index (χ3n) is 3.92. The monoisotopic (exact) mass is 286 g/mol. The van der Waals surface area contributed by atoms with E-state index in [2.05, 4.69) is 19.3 Å². The van der Waals surface area contributed by atoms with E-state index >= 15 is 0 Å². The van der Waals surface area contributed by atoms with E-state index in [1.165, 1.54) is 0 Å². The van der Waals surface area contributed by atoms with E-state index in [4.69, 9.17) is 4.74 Å². The summed E-state index contributed by atoms with van der Waals surface area (Å²) in [6.45, 7) is 5.91. The van der Waals surface area contributed by atoms with Gasteiger partial charge in [-0.2, -0.15) is 0 Å². The van der Waals surface area contributed by atoms with Gasteiger partial charge in [0.1, 0.15) is 6.10 Å². The van der Waals surface area contributed by atoms with Gasteiger partial charge in [0.2, 0.25) is 0 Å². The summed E-state index contributed by atoms with van der Waals surface area (Å²) in [5, 5.41) is 2.03. The molecule has 110 valence electrons. The lowest BCUT2D eigenvalue weighted by molar-refractivity contribution is -0.148. The molecule has 1 atom stereocenters. The molecule has 5 heteroatoms. The average Bonchev–Trinajstić information content (AvgIpc) is 2.87. The highest BCUT2D eigenvalue weighted by molar-refractivity contribution is 6.43. The Labute approximate surface area is 123 Å². The maximum absolute atomic E-state index is 12.0. The molecule has 2 heterocycles. The summed E-state index contributed by atoms with van der Waals surface area (Å²) in [5.41, 5.74) is 5.32. The largest absolute Gasteiger partial charge is 0.452 e. The molecule has 2 aliphatic heterocycles. The third kappa shape index (κ3) is 2.18. The number of rotatable bonds is 1. The maximum atomic E-state index is 12.0. The van der Waals surface area contributed by atoms with Gasteiger partial charge in [-0.3, -0.25) is 9.80 Å². The predicted molar refractivity (Wildman–Crippen MR) is 78.3 cm³/mol. The SMILES string of the molecule is CC1OC(=O)C(=O)/C1=C1\CC(C)(C)N(c2ccccc2)N1. The molecule has 0 saturated carbocycles. The first-order chi connectivity index (χ1) is 9.90. The van der Waals surface area contributed by atoms with Gasteiger partial charge in [0.25, 0.3) is 5.78 Å². The van der Waals surface area contributed by atoms with Crippen LogP contribution in [-0.4, -0.2) is 23.4 Å². The van der Waals surface area contributed by atoms with Crippen LogP contribution in [0.1, 0.15) is 27.2 Å². The lowest BCUT2D eigenvalue weighted by Crippen LogP contribution is -2.43. The Hall–Kier alpha value is -2.30. The highest BCUT2D eigenvalue weighted by Crippen LogP contribution is 2.36. The van der Waals surface area contributed by atoms with Crippen molar-refractivity contribution in [2.75, 3.05) is 5.01 Å². The summed E-state index contributed by atoms with van der Waals surface area (Å²) in [5.74, 6) is -1.29. The molecule has 2 saturated heterocycles. The highest BCUT2D eigenvalue weighted by atomic mass is 16.6. The minimum atomic E-state index is -0.761. The van der Waals surface area contributed by atoms with Gasteiger partial charge in [0, 0.05) is 12.1 Å². The number of ketones is 1. The molecule has 0 aromatic heterocycles. The minimum absolute atomic E-state index is 0.199. The number of hydrogen-bond acceptors (Lipinski definition) is 5. The van der Waals surface area contributed by atoms with Crippen LogP contribution < -0.4 is 10.4 Å². The van der Waals surface area contributed by atoms with Gasteiger partial charge in [-0.15, -0.1) is 0 Å². The quantitative estimate of drug-likeness (QED) is 0.486. The first-order valence-corrected chi connectivity index (χ1v) is 7.00. The van der Waals surface area contributed by atoms with Gasteiger partial charge in [0.15, 0.2) is 0 Å². The van der Waals surface area contributed by atoms with Gasteiger partial charge >= 0.3 is 5.97 Å². The first-order valence-electron chi connectivity index (χ1n) is 7.00. The number of carbonyl (C=O) groups is 2. The molecule has 3 rings (SSSR count). The van der Waals surface area contributed by atoms with E-state index in [9.17, 15) is 9.59 Å². The van der Waals surface area contributed by atoms with Crippen LogP contribution in [0.3, 0.4) is 0 Å². The number of para-hydroxylation sites is 1. The molecule has 1 N–H and O–H groups in total. The van der Waals surface area contributed by atoms with E-state index in [1.807, 2.05) is 35.3 Å². The van der Waals surface area contributed by atoms with Crippen molar-refractivity contribution in [1.82, 2.24) is 5.43 Å². The van der Waals surface area contributed by atoms with Gasteiger partial charge in [-0.05, 0) is 32.9 Å². The Bertz CT molecular complexity index is 634. The molecule has 0 radical (unpaired) electrons. The maximum Gasteiger partial charge on any atom is 0.380 e. The number of hydrazine groups is 1. The number of cyclic esters (lactones) is 1. The molecular formula is C16H18N2O3. The van der Waals surface area contributed by atoms with Crippen LogP contribution in [-0.2, 0) is 14.3 Å². The number of nitrogens with one attached hydrogen (secondary N) is 1. The van der Waals surface area contributed by atoms with Crippen LogP contribution in [0.2, 0.25) is 0 Å². The minimum Gasteiger partial charge on any atom is -0.452 e. The van der Waals surface area contributed by atoms with Crippen LogP contribution >= 0.6 is 0 Å². The van der Waals surface area contributed by atoms with Crippen molar-refractivity contribution in [3.05, 3.63) is 41.6 Å². The van der Waals surface area contributed by atoms with E-state index in [0.29, 0.717) is 12.0 Å². The Balaban J connectivity index is 1.99. The fourth-order valence-electron chi connectivity index (χ4n) is 2.93. The van der Waals surface area contributed by atoms with Crippen molar-refractivity contribution in [3.8, 4) is 0 Å². The normalized spacial score (nSPS) is 27.8. The fourth-order valence-corrected chi connectivity index (χ4v) is 2.93. The van der Waals surface area contributed by atoms with Crippen LogP contribution in [0.5, 0.6) is 0 Å². The van der Waals surface area contributed by atoms with Crippen LogP contribution in [0.15, 0.2) is 41.6 Å². The number of benzene rings is 1. The predicted octanol–water partition coefficient (Wildman–Crippen LogP) is 1.95. The van der Waals surface area contributed by atoms with Crippen molar-refractivity contribution < 1.29 is 14.3 Å². The number of hydrogen-bond donors (Lipinski definition) is 1. The van der Waals surface area contributed by atoms with Crippen molar-refractivity contribution >= 4 is 17.4 Å². The topological polar surface area (TPSA) is 58.6 Å². The van der Waals surface area contributed by atoms with Gasteiger partial charge in [-0.25, -0.2) is 4.79 Å². The molecule has 2 fully saturated rings. The van der Waals surface area contributed by atoms with Gasteiger partial charge in [0.05, 0.1) is 16.8 Å². The summed E-state index contributed by atoms with van der Waals surface area (Å²) < 4.78 is 5.00. The number of carbonyl (C=O) groups excluding carboxylic acids is 2. The van der Waals surface area contributed by atoms with Crippen molar-refractivity contribution in [2.45, 2.75) is 38.8 Å². The fraction of sp³-hybridized carbons (Fsp3) is 0.375. The summed E-state index contributed by atoms with van der Waals surface area (Å²) in [6.07, 6.45) is 0.170. The van der Waals surface area contributed by atoms with Crippen molar-refractivity contribution in [1.29, 1.82) is 0 Å². The number of Topliss-reactive ketones (excluding diaryl/α,β-unsaturated/α-hetero) is 1. The summed E-state index contributed by atoms with van der Waals surface area (Å²) >= 11 is 0. The molecule has 1 aromatic rings. The zero-order valence-corrected chi connectivity index (χ0v) is 12.3. The second-order valence-electron chi connectivity index (χ2n) is 6.04. The second kappa shape index (κ2) is 4.62. The summed E-state index contributed by atoms with van der Waals surface area (Å²) in [4.78, 5) is 23.4. The molecule has 0 bridgehead atoms. The van der Waals surface area contributed by atoms with Crippen molar-refractivity contribution in [2.24, 2.45) is 0 Å². The highest BCUT2D eigenvalue weighted by Gasteiger charge is 2.43.